The minimum atomic E-state index is -0.594. The van der Waals surface area contributed by atoms with Gasteiger partial charge >= 0.3 is 5.97 Å². The number of aromatic nitrogens is 3. The average Bonchev–Trinajstić information content (AvgIpc) is 3.02. The van der Waals surface area contributed by atoms with Crippen molar-refractivity contribution in [2.45, 2.75) is 33.3 Å². The van der Waals surface area contributed by atoms with E-state index in [1.807, 2.05) is 0 Å². The number of hydrogen-bond donors (Lipinski definition) is 1. The lowest BCUT2D eigenvalue weighted by Gasteiger charge is -2.07. The van der Waals surface area contributed by atoms with E-state index >= 15 is 0 Å². The molecule has 7 heteroatoms. The van der Waals surface area contributed by atoms with Crippen LogP contribution >= 0.6 is 0 Å². The van der Waals surface area contributed by atoms with Crippen LogP contribution in [0.3, 0.4) is 0 Å². The monoisotopic (exact) mass is 321 g/mol. The molecule has 2 rings (SSSR count). The van der Waals surface area contributed by atoms with Crippen molar-refractivity contribution >= 4 is 5.97 Å². The highest BCUT2D eigenvalue weighted by Crippen LogP contribution is 2.23. The zero-order valence-electron chi connectivity index (χ0n) is 13.3. The molecular formula is C16H20FN3O3. The Hall–Kier alpha value is -2.28. The van der Waals surface area contributed by atoms with Gasteiger partial charge in [-0.15, -0.1) is 5.10 Å². The predicted octanol–water partition coefficient (Wildman–Crippen LogP) is 3.10. The van der Waals surface area contributed by atoms with Gasteiger partial charge in [0.1, 0.15) is 11.5 Å². The molecule has 0 amide bonds. The van der Waals surface area contributed by atoms with Gasteiger partial charge in [-0.25, -0.2) is 9.18 Å². The van der Waals surface area contributed by atoms with Gasteiger partial charge in [-0.3, -0.25) is 0 Å². The number of benzene rings is 1. The van der Waals surface area contributed by atoms with E-state index in [0.717, 1.165) is 12.8 Å². The summed E-state index contributed by atoms with van der Waals surface area (Å²) < 4.78 is 24.5. The van der Waals surface area contributed by atoms with Gasteiger partial charge in [0.15, 0.2) is 5.69 Å². The lowest BCUT2D eigenvalue weighted by Crippen LogP contribution is -2.07. The Morgan fingerprint density at radius 3 is 2.83 bits per heavy atom. The maximum absolute atomic E-state index is 14.2. The quantitative estimate of drug-likeness (QED) is 0.597. The fourth-order valence-corrected chi connectivity index (χ4v) is 2.01. The molecule has 0 saturated carbocycles. The van der Waals surface area contributed by atoms with Gasteiger partial charge in [-0.1, -0.05) is 25.5 Å². The molecule has 6 nitrogen and oxygen atoms in total. The second kappa shape index (κ2) is 8.38. The van der Waals surface area contributed by atoms with Gasteiger partial charge in [0.05, 0.1) is 13.2 Å². The van der Waals surface area contributed by atoms with Crippen molar-refractivity contribution in [3.05, 3.63) is 35.3 Å². The van der Waals surface area contributed by atoms with E-state index in [0.29, 0.717) is 17.7 Å². The first-order chi connectivity index (χ1) is 11.2. The molecule has 0 unspecified atom stereocenters. The molecule has 0 aliphatic carbocycles. The van der Waals surface area contributed by atoms with Crippen LogP contribution in [-0.4, -0.2) is 34.6 Å². The Morgan fingerprint density at radius 1 is 1.30 bits per heavy atom. The molecule has 1 N–H and O–H groups in total. The van der Waals surface area contributed by atoms with Crippen molar-refractivity contribution in [3.8, 4) is 11.3 Å². The van der Waals surface area contributed by atoms with Crippen molar-refractivity contribution in [1.29, 1.82) is 0 Å². The largest absolute Gasteiger partial charge is 0.461 e. The number of rotatable bonds is 8. The number of carbonyl (C=O) groups excluding carboxylic acids is 1. The summed E-state index contributed by atoms with van der Waals surface area (Å²) in [7, 11) is 0. The van der Waals surface area contributed by atoms with Gasteiger partial charge < -0.3 is 9.47 Å². The van der Waals surface area contributed by atoms with E-state index in [-0.39, 0.29) is 24.6 Å². The number of halogens is 1. The second-order valence-corrected chi connectivity index (χ2v) is 4.95. The fraction of sp³-hybridized carbons (Fsp3) is 0.438. The molecule has 1 heterocycles. The summed E-state index contributed by atoms with van der Waals surface area (Å²) in [6.45, 7) is 4.82. The molecule has 0 saturated heterocycles. The molecular weight excluding hydrogens is 301 g/mol. The van der Waals surface area contributed by atoms with Crippen LogP contribution in [0.2, 0.25) is 0 Å². The molecule has 2 aromatic rings. The van der Waals surface area contributed by atoms with Crippen LogP contribution in [0, 0.1) is 5.82 Å². The summed E-state index contributed by atoms with van der Waals surface area (Å²) in [5, 5.41) is 10.1. The van der Waals surface area contributed by atoms with E-state index < -0.39 is 11.8 Å². The van der Waals surface area contributed by atoms with Gasteiger partial charge in [-0.2, -0.15) is 10.3 Å². The van der Waals surface area contributed by atoms with Crippen LogP contribution in [0.5, 0.6) is 0 Å². The first-order valence-electron chi connectivity index (χ1n) is 7.61. The lowest BCUT2D eigenvalue weighted by atomic mass is 10.1. The number of hydrogen-bond acceptors (Lipinski definition) is 5. The van der Waals surface area contributed by atoms with Gasteiger partial charge in [-0.05, 0) is 19.4 Å². The van der Waals surface area contributed by atoms with Crippen LogP contribution in [0.4, 0.5) is 4.39 Å². The second-order valence-electron chi connectivity index (χ2n) is 4.95. The molecule has 0 aliphatic heterocycles. The fourth-order valence-electron chi connectivity index (χ4n) is 2.01. The normalized spacial score (nSPS) is 10.7. The van der Waals surface area contributed by atoms with Crippen molar-refractivity contribution < 1.29 is 18.7 Å². The molecule has 1 aromatic heterocycles. The number of aromatic amines is 1. The number of nitrogens with one attached hydrogen (secondary N) is 1. The van der Waals surface area contributed by atoms with Crippen LogP contribution in [-0.2, 0) is 16.1 Å². The van der Waals surface area contributed by atoms with E-state index in [1.54, 1.807) is 19.1 Å². The Morgan fingerprint density at radius 2 is 2.13 bits per heavy atom. The topological polar surface area (TPSA) is 77.1 Å². The standard InChI is InChI=1S/C16H20FN3O3/c1-3-5-8-22-10-12-7-6-11(9-13(12)17)14-15(19-20-18-14)16(21)23-4-2/h6-7,9H,3-5,8,10H2,1-2H3,(H,18,19,20). The third-order valence-electron chi connectivity index (χ3n) is 3.24. The number of nitrogens with zero attached hydrogens (tertiary/aromatic N) is 2. The Kier molecular flexibility index (Phi) is 6.22. The molecule has 0 aliphatic rings. The molecule has 0 bridgehead atoms. The van der Waals surface area contributed by atoms with Gasteiger partial charge in [0.2, 0.25) is 0 Å². The number of esters is 1. The number of ether oxygens (including phenoxy) is 2. The first-order valence-corrected chi connectivity index (χ1v) is 7.61. The summed E-state index contributed by atoms with van der Waals surface area (Å²) in [5.74, 6) is -1.000. The minimum Gasteiger partial charge on any atom is -0.461 e. The third kappa shape index (κ3) is 4.35. The number of unbranched alkanes of at least 4 members (excludes halogenated alkanes) is 1. The van der Waals surface area contributed by atoms with Crippen molar-refractivity contribution in [2.24, 2.45) is 0 Å². The molecule has 0 radical (unpaired) electrons. The van der Waals surface area contributed by atoms with Crippen LogP contribution < -0.4 is 0 Å². The minimum absolute atomic E-state index is 0.0400. The van der Waals surface area contributed by atoms with E-state index in [1.165, 1.54) is 6.07 Å². The SMILES string of the molecule is CCCCOCc1ccc(-c2n[nH]nc2C(=O)OCC)cc1F. The van der Waals surface area contributed by atoms with Crippen LogP contribution in [0.1, 0.15) is 42.7 Å². The molecule has 1 aromatic carbocycles. The average molecular weight is 321 g/mol. The molecule has 0 atom stereocenters. The zero-order valence-corrected chi connectivity index (χ0v) is 13.3. The highest BCUT2D eigenvalue weighted by atomic mass is 19.1. The van der Waals surface area contributed by atoms with Crippen molar-refractivity contribution in [1.82, 2.24) is 15.4 Å². The molecule has 0 spiro atoms. The first kappa shape index (κ1) is 17.1. The summed E-state index contributed by atoms with van der Waals surface area (Å²) in [5.41, 5.74) is 1.22. The van der Waals surface area contributed by atoms with Crippen LogP contribution in [0.25, 0.3) is 11.3 Å². The Labute approximate surface area is 134 Å². The molecule has 0 fully saturated rings. The summed E-state index contributed by atoms with van der Waals surface area (Å²) in [4.78, 5) is 11.8. The van der Waals surface area contributed by atoms with Gasteiger partial charge in [0, 0.05) is 17.7 Å². The maximum Gasteiger partial charge on any atom is 0.361 e. The zero-order chi connectivity index (χ0) is 16.7. The summed E-state index contributed by atoms with van der Waals surface area (Å²) in [6, 6.07) is 4.63. The maximum atomic E-state index is 14.2. The van der Waals surface area contributed by atoms with Gasteiger partial charge in [0.25, 0.3) is 0 Å². The van der Waals surface area contributed by atoms with E-state index in [4.69, 9.17) is 9.47 Å². The number of H-pyrrole nitrogens is 1. The van der Waals surface area contributed by atoms with Crippen LogP contribution in [0.15, 0.2) is 18.2 Å². The van der Waals surface area contributed by atoms with E-state index in [9.17, 15) is 9.18 Å². The Bertz CT molecular complexity index is 658. The highest BCUT2D eigenvalue weighted by Gasteiger charge is 2.19. The predicted molar refractivity (Wildman–Crippen MR) is 82.3 cm³/mol. The lowest BCUT2D eigenvalue weighted by molar-refractivity contribution is 0.0520. The molecule has 23 heavy (non-hydrogen) atoms. The summed E-state index contributed by atoms with van der Waals surface area (Å²) in [6.07, 6.45) is 1.98. The Balaban J connectivity index is 2.14. The summed E-state index contributed by atoms with van der Waals surface area (Å²) >= 11 is 0. The van der Waals surface area contributed by atoms with Crippen molar-refractivity contribution in [2.75, 3.05) is 13.2 Å². The highest BCUT2D eigenvalue weighted by molar-refractivity contribution is 5.93. The number of carbonyl (C=O) groups is 1. The molecule has 124 valence electrons. The third-order valence-corrected chi connectivity index (χ3v) is 3.24. The smallest absolute Gasteiger partial charge is 0.361 e. The van der Waals surface area contributed by atoms with Crippen molar-refractivity contribution in [3.63, 3.8) is 0 Å². The van der Waals surface area contributed by atoms with E-state index in [2.05, 4.69) is 22.3 Å².